The van der Waals surface area contributed by atoms with Gasteiger partial charge in [-0.25, -0.2) is 8.42 Å². The maximum atomic E-state index is 13.0. The summed E-state index contributed by atoms with van der Waals surface area (Å²) in [5, 5.41) is 2.84. The molecule has 6 nitrogen and oxygen atoms in total. The van der Waals surface area contributed by atoms with Crippen LogP contribution in [0.5, 0.6) is 0 Å². The van der Waals surface area contributed by atoms with E-state index in [2.05, 4.69) is 10.0 Å². The van der Waals surface area contributed by atoms with E-state index < -0.39 is 10.0 Å². The van der Waals surface area contributed by atoms with Crippen LogP contribution in [0.15, 0.2) is 41.3 Å². The molecule has 0 saturated carbocycles. The molecule has 1 unspecified atom stereocenters. The summed E-state index contributed by atoms with van der Waals surface area (Å²) < 4.78 is 34.2. The molecule has 1 saturated heterocycles. The van der Waals surface area contributed by atoms with Crippen LogP contribution in [0.25, 0.3) is 0 Å². The van der Waals surface area contributed by atoms with Gasteiger partial charge in [0.15, 0.2) is 0 Å². The lowest BCUT2D eigenvalue weighted by atomic mass is 10.1. The van der Waals surface area contributed by atoms with Crippen molar-refractivity contribution in [2.75, 3.05) is 17.9 Å². The number of hydrogen-bond donors (Lipinski definition) is 2. The molecule has 1 atom stereocenters. The van der Waals surface area contributed by atoms with Crippen LogP contribution in [-0.2, 0) is 14.8 Å². The Labute approximate surface area is 166 Å². The van der Waals surface area contributed by atoms with Crippen LogP contribution >= 0.6 is 0 Å². The first-order chi connectivity index (χ1) is 13.3. The Balaban J connectivity index is 1.83. The van der Waals surface area contributed by atoms with Crippen molar-refractivity contribution in [1.82, 2.24) is 5.32 Å². The number of ether oxygens (including phenoxy) is 1. The molecule has 1 fully saturated rings. The van der Waals surface area contributed by atoms with Gasteiger partial charge in [-0.3, -0.25) is 9.52 Å². The van der Waals surface area contributed by atoms with Crippen LogP contribution in [0.3, 0.4) is 0 Å². The second kappa shape index (κ2) is 8.32. The minimum absolute atomic E-state index is 0.0191. The number of hydrogen-bond acceptors (Lipinski definition) is 4. The molecule has 1 aliphatic heterocycles. The van der Waals surface area contributed by atoms with Crippen molar-refractivity contribution in [3.8, 4) is 0 Å². The summed E-state index contributed by atoms with van der Waals surface area (Å²) >= 11 is 0. The smallest absolute Gasteiger partial charge is 0.262 e. The largest absolute Gasteiger partial charge is 0.376 e. The van der Waals surface area contributed by atoms with E-state index in [1.807, 2.05) is 19.1 Å². The lowest BCUT2D eigenvalue weighted by Gasteiger charge is -2.16. The predicted molar refractivity (Wildman–Crippen MR) is 109 cm³/mol. The van der Waals surface area contributed by atoms with E-state index in [0.29, 0.717) is 24.3 Å². The zero-order valence-corrected chi connectivity index (χ0v) is 17.2. The molecule has 0 bridgehead atoms. The van der Waals surface area contributed by atoms with Crippen molar-refractivity contribution in [1.29, 1.82) is 0 Å². The molecule has 3 rings (SSSR count). The number of carbonyl (C=O) groups excluding carboxylic acids is 1. The topological polar surface area (TPSA) is 84.5 Å². The lowest BCUT2D eigenvalue weighted by Crippen LogP contribution is -2.32. The van der Waals surface area contributed by atoms with E-state index in [1.54, 1.807) is 38.1 Å². The number of aryl methyl sites for hydroxylation is 3. The van der Waals surface area contributed by atoms with Gasteiger partial charge >= 0.3 is 0 Å². The van der Waals surface area contributed by atoms with Gasteiger partial charge in [0.2, 0.25) is 0 Å². The van der Waals surface area contributed by atoms with Crippen molar-refractivity contribution >= 4 is 21.6 Å². The molecule has 1 heterocycles. The summed E-state index contributed by atoms with van der Waals surface area (Å²) in [5.41, 5.74) is 2.89. The van der Waals surface area contributed by atoms with Crippen molar-refractivity contribution in [3.05, 3.63) is 58.7 Å². The van der Waals surface area contributed by atoms with Gasteiger partial charge in [-0.2, -0.15) is 0 Å². The number of carbonyl (C=O) groups is 1. The minimum atomic E-state index is -3.83. The highest BCUT2D eigenvalue weighted by atomic mass is 32.2. The van der Waals surface area contributed by atoms with Crippen LogP contribution in [0, 0.1) is 20.8 Å². The average molecular weight is 403 g/mol. The SMILES string of the molecule is Cc1cc(C)c(S(=O)(=O)Nc2ccccc2C(=O)NCC2CCCO2)c(C)c1. The fraction of sp³-hybridized carbons (Fsp3) is 0.381. The minimum Gasteiger partial charge on any atom is -0.376 e. The van der Waals surface area contributed by atoms with Gasteiger partial charge in [-0.15, -0.1) is 0 Å². The van der Waals surface area contributed by atoms with Gasteiger partial charge < -0.3 is 10.1 Å². The molecule has 2 aromatic carbocycles. The zero-order chi connectivity index (χ0) is 20.3. The first-order valence-corrected chi connectivity index (χ1v) is 10.9. The molecule has 1 amide bonds. The molecule has 0 aromatic heterocycles. The number of para-hydroxylation sites is 1. The van der Waals surface area contributed by atoms with Gasteiger partial charge in [0.25, 0.3) is 15.9 Å². The summed E-state index contributed by atoms with van der Waals surface area (Å²) in [6.07, 6.45) is 1.93. The number of nitrogens with one attached hydrogen (secondary N) is 2. The third-order valence-electron chi connectivity index (χ3n) is 4.80. The monoisotopic (exact) mass is 402 g/mol. The average Bonchev–Trinajstić information content (AvgIpc) is 3.12. The van der Waals surface area contributed by atoms with Crippen molar-refractivity contribution in [2.45, 2.75) is 44.6 Å². The molecule has 0 aliphatic carbocycles. The van der Waals surface area contributed by atoms with Crippen molar-refractivity contribution in [3.63, 3.8) is 0 Å². The fourth-order valence-electron chi connectivity index (χ4n) is 3.66. The molecular weight excluding hydrogens is 376 g/mol. The highest BCUT2D eigenvalue weighted by molar-refractivity contribution is 7.92. The Kier molecular flexibility index (Phi) is 6.05. The Hall–Kier alpha value is -2.38. The highest BCUT2D eigenvalue weighted by Crippen LogP contribution is 2.26. The molecule has 2 aromatic rings. The van der Waals surface area contributed by atoms with Gasteiger partial charge in [0, 0.05) is 13.2 Å². The molecule has 2 N–H and O–H groups in total. The number of benzene rings is 2. The molecule has 0 radical (unpaired) electrons. The number of amides is 1. The Morgan fingerprint density at radius 2 is 1.82 bits per heavy atom. The van der Waals surface area contributed by atoms with E-state index in [4.69, 9.17) is 4.74 Å². The van der Waals surface area contributed by atoms with Crippen LogP contribution < -0.4 is 10.0 Å². The number of rotatable bonds is 6. The summed E-state index contributed by atoms with van der Waals surface area (Å²) in [6.45, 7) is 6.60. The van der Waals surface area contributed by atoms with Gasteiger partial charge in [-0.05, 0) is 56.9 Å². The Morgan fingerprint density at radius 1 is 1.14 bits per heavy atom. The zero-order valence-electron chi connectivity index (χ0n) is 16.4. The number of sulfonamides is 1. The second-order valence-electron chi connectivity index (χ2n) is 7.22. The molecule has 150 valence electrons. The molecule has 7 heteroatoms. The van der Waals surface area contributed by atoms with Crippen molar-refractivity contribution < 1.29 is 17.9 Å². The van der Waals surface area contributed by atoms with Crippen LogP contribution in [-0.4, -0.2) is 33.6 Å². The Bertz CT molecular complexity index is 957. The maximum Gasteiger partial charge on any atom is 0.262 e. The second-order valence-corrected chi connectivity index (χ2v) is 8.84. The molecular formula is C21H26N2O4S. The molecule has 0 spiro atoms. The van der Waals surface area contributed by atoms with Gasteiger partial charge in [0.05, 0.1) is 22.3 Å². The first-order valence-electron chi connectivity index (χ1n) is 9.37. The van der Waals surface area contributed by atoms with E-state index >= 15 is 0 Å². The van der Waals surface area contributed by atoms with Gasteiger partial charge in [-0.1, -0.05) is 29.8 Å². The van der Waals surface area contributed by atoms with Crippen LogP contribution in [0.4, 0.5) is 5.69 Å². The van der Waals surface area contributed by atoms with E-state index in [-0.39, 0.29) is 28.2 Å². The first kappa shape index (κ1) is 20.4. The summed E-state index contributed by atoms with van der Waals surface area (Å²) in [7, 11) is -3.83. The normalized spacial score (nSPS) is 16.8. The predicted octanol–water partition coefficient (Wildman–Crippen LogP) is 3.32. The van der Waals surface area contributed by atoms with Crippen LogP contribution in [0.1, 0.15) is 39.9 Å². The lowest BCUT2D eigenvalue weighted by molar-refractivity contribution is 0.0858. The van der Waals surface area contributed by atoms with Crippen molar-refractivity contribution in [2.24, 2.45) is 0 Å². The molecule has 28 heavy (non-hydrogen) atoms. The van der Waals surface area contributed by atoms with E-state index in [0.717, 1.165) is 18.4 Å². The summed E-state index contributed by atoms with van der Waals surface area (Å²) in [5.74, 6) is -0.328. The number of anilines is 1. The third-order valence-corrected chi connectivity index (χ3v) is 6.47. The summed E-state index contributed by atoms with van der Waals surface area (Å²) in [4.78, 5) is 12.9. The van der Waals surface area contributed by atoms with E-state index in [9.17, 15) is 13.2 Å². The molecule has 1 aliphatic rings. The Morgan fingerprint density at radius 3 is 2.46 bits per heavy atom. The standard InChI is InChI=1S/C21H26N2O4S/c1-14-11-15(2)20(16(3)12-14)28(25,26)23-19-9-5-4-8-18(19)21(24)22-13-17-7-6-10-27-17/h4-5,8-9,11-12,17,23H,6-7,10,13H2,1-3H3,(H,22,24). The van der Waals surface area contributed by atoms with Gasteiger partial charge in [0.1, 0.15) is 0 Å². The van der Waals surface area contributed by atoms with E-state index in [1.165, 1.54) is 0 Å². The van der Waals surface area contributed by atoms with Crippen LogP contribution in [0.2, 0.25) is 0 Å². The highest BCUT2D eigenvalue weighted by Gasteiger charge is 2.23. The third kappa shape index (κ3) is 4.54. The maximum absolute atomic E-state index is 13.0. The fourth-order valence-corrected chi connectivity index (χ4v) is 5.20. The summed E-state index contributed by atoms with van der Waals surface area (Å²) in [6, 6.07) is 10.3. The quantitative estimate of drug-likeness (QED) is 0.776.